The first-order valence-electron chi connectivity index (χ1n) is 5.47. The number of aromatic nitrogens is 3. The summed E-state index contributed by atoms with van der Waals surface area (Å²) < 4.78 is 1.94. The van der Waals surface area contributed by atoms with Crippen molar-refractivity contribution >= 4 is 11.3 Å². The zero-order valence-electron chi connectivity index (χ0n) is 9.34. The molecule has 2 rings (SSSR count). The molecule has 2 heterocycles. The van der Waals surface area contributed by atoms with Crippen molar-refractivity contribution in [3.8, 4) is 0 Å². The molecule has 0 aliphatic heterocycles. The predicted molar refractivity (Wildman–Crippen MR) is 65.3 cm³/mol. The first-order valence-corrected chi connectivity index (χ1v) is 6.35. The summed E-state index contributed by atoms with van der Waals surface area (Å²) in [6.07, 6.45) is 3.41. The number of aryl methyl sites for hydroxylation is 1. The van der Waals surface area contributed by atoms with Gasteiger partial charge in [-0.2, -0.15) is 5.10 Å². The monoisotopic (exact) mass is 236 g/mol. The normalized spacial score (nSPS) is 12.9. The van der Waals surface area contributed by atoms with Gasteiger partial charge < -0.3 is 5.73 Å². The Kier molecular flexibility index (Phi) is 3.69. The fraction of sp³-hybridized carbons (Fsp3) is 0.455. The van der Waals surface area contributed by atoms with Crippen LogP contribution in [-0.2, 0) is 13.0 Å². The number of hydrogen-bond acceptors (Lipinski definition) is 4. The molecular formula is C11H16N4S. The maximum absolute atomic E-state index is 6.13. The highest BCUT2D eigenvalue weighted by Gasteiger charge is 2.12. The molecule has 4 nitrogen and oxygen atoms in total. The fourth-order valence-electron chi connectivity index (χ4n) is 1.64. The summed E-state index contributed by atoms with van der Waals surface area (Å²) in [5.41, 5.74) is 6.13. The van der Waals surface area contributed by atoms with Crippen LogP contribution in [0.15, 0.2) is 23.8 Å². The summed E-state index contributed by atoms with van der Waals surface area (Å²) in [4.78, 5) is 5.46. The smallest absolute Gasteiger partial charge is 0.138 e. The van der Waals surface area contributed by atoms with Crippen LogP contribution in [0.4, 0.5) is 0 Å². The van der Waals surface area contributed by atoms with Gasteiger partial charge in [-0.3, -0.25) is 4.68 Å². The molecule has 2 N–H and O–H groups in total. The van der Waals surface area contributed by atoms with Crippen molar-refractivity contribution in [2.45, 2.75) is 32.4 Å². The summed E-state index contributed by atoms with van der Waals surface area (Å²) in [7, 11) is 0. The molecule has 0 fully saturated rings. The van der Waals surface area contributed by atoms with Crippen LogP contribution in [0.5, 0.6) is 0 Å². The molecule has 0 aliphatic rings. The van der Waals surface area contributed by atoms with Crippen LogP contribution in [0.3, 0.4) is 0 Å². The van der Waals surface area contributed by atoms with Crippen molar-refractivity contribution in [2.24, 2.45) is 5.73 Å². The summed E-state index contributed by atoms with van der Waals surface area (Å²) in [6, 6.07) is 4.12. The lowest BCUT2D eigenvalue weighted by atomic mass is 10.2. The van der Waals surface area contributed by atoms with Crippen molar-refractivity contribution in [2.75, 3.05) is 0 Å². The molecule has 0 saturated carbocycles. The minimum absolute atomic E-state index is 0.0276. The van der Waals surface area contributed by atoms with E-state index in [1.165, 1.54) is 4.88 Å². The van der Waals surface area contributed by atoms with Crippen LogP contribution < -0.4 is 5.73 Å². The van der Waals surface area contributed by atoms with Gasteiger partial charge in [0.05, 0.1) is 0 Å². The molecule has 1 atom stereocenters. The topological polar surface area (TPSA) is 56.7 Å². The third kappa shape index (κ3) is 2.48. The van der Waals surface area contributed by atoms with E-state index in [2.05, 4.69) is 23.1 Å². The van der Waals surface area contributed by atoms with E-state index in [0.717, 1.165) is 25.2 Å². The minimum Gasteiger partial charge on any atom is -0.323 e. The highest BCUT2D eigenvalue weighted by molar-refractivity contribution is 7.10. The Hall–Kier alpha value is -1.20. The minimum atomic E-state index is 0.0276. The predicted octanol–water partition coefficient (Wildman–Crippen LogP) is 1.99. The van der Waals surface area contributed by atoms with Gasteiger partial charge in [0.25, 0.3) is 0 Å². The molecular weight excluding hydrogens is 220 g/mol. The van der Waals surface area contributed by atoms with Crippen molar-refractivity contribution in [3.05, 3.63) is 34.5 Å². The average Bonchev–Trinajstić information content (AvgIpc) is 2.90. The maximum Gasteiger partial charge on any atom is 0.138 e. The van der Waals surface area contributed by atoms with Crippen molar-refractivity contribution in [1.82, 2.24) is 14.8 Å². The number of rotatable bonds is 5. The molecule has 0 amide bonds. The zero-order chi connectivity index (χ0) is 11.4. The second-order valence-corrected chi connectivity index (χ2v) is 4.70. The molecule has 0 aliphatic carbocycles. The second kappa shape index (κ2) is 5.23. The van der Waals surface area contributed by atoms with Gasteiger partial charge in [-0.1, -0.05) is 13.0 Å². The third-order valence-corrected chi connectivity index (χ3v) is 3.45. The van der Waals surface area contributed by atoms with E-state index < -0.39 is 0 Å². The Morgan fingerprint density at radius 3 is 3.12 bits per heavy atom. The number of hydrogen-bond donors (Lipinski definition) is 1. The Morgan fingerprint density at radius 2 is 2.44 bits per heavy atom. The Bertz CT molecular complexity index is 421. The van der Waals surface area contributed by atoms with E-state index in [4.69, 9.17) is 5.73 Å². The van der Waals surface area contributed by atoms with Gasteiger partial charge in [-0.25, -0.2) is 4.98 Å². The Morgan fingerprint density at radius 1 is 1.56 bits per heavy atom. The lowest BCUT2D eigenvalue weighted by molar-refractivity contribution is 0.550. The molecule has 2 aromatic rings. The molecule has 0 spiro atoms. The third-order valence-electron chi connectivity index (χ3n) is 2.44. The molecule has 86 valence electrons. The molecule has 0 saturated heterocycles. The molecule has 1 unspecified atom stereocenters. The fourth-order valence-corrected chi connectivity index (χ4v) is 2.37. The highest BCUT2D eigenvalue weighted by atomic mass is 32.1. The lowest BCUT2D eigenvalue weighted by Crippen LogP contribution is -2.16. The largest absolute Gasteiger partial charge is 0.323 e. The summed E-state index contributed by atoms with van der Waals surface area (Å²) in [6.45, 7) is 3.04. The average molecular weight is 236 g/mol. The highest BCUT2D eigenvalue weighted by Crippen LogP contribution is 2.19. The van der Waals surface area contributed by atoms with E-state index in [1.807, 2.05) is 16.1 Å². The van der Waals surface area contributed by atoms with Crippen molar-refractivity contribution < 1.29 is 0 Å². The van der Waals surface area contributed by atoms with E-state index in [1.54, 1.807) is 17.7 Å². The SMILES string of the molecule is CCCn1ncnc1CC(N)c1cccs1. The van der Waals surface area contributed by atoms with Crippen molar-refractivity contribution in [3.63, 3.8) is 0 Å². The first-order chi connectivity index (χ1) is 7.81. The maximum atomic E-state index is 6.13. The second-order valence-electron chi connectivity index (χ2n) is 3.73. The van der Waals surface area contributed by atoms with E-state index in [9.17, 15) is 0 Å². The number of thiophene rings is 1. The molecule has 0 aromatic carbocycles. The first kappa shape index (κ1) is 11.3. The van der Waals surface area contributed by atoms with Crippen LogP contribution in [0, 0.1) is 0 Å². The van der Waals surface area contributed by atoms with Gasteiger partial charge in [-0.05, 0) is 17.9 Å². The molecule has 0 bridgehead atoms. The van der Waals surface area contributed by atoms with Gasteiger partial charge in [0.1, 0.15) is 12.2 Å². The lowest BCUT2D eigenvalue weighted by Gasteiger charge is -2.09. The Balaban J connectivity index is 2.06. The van der Waals surface area contributed by atoms with Crippen LogP contribution in [0.2, 0.25) is 0 Å². The Labute approximate surface area is 99.1 Å². The number of nitrogens with zero attached hydrogens (tertiary/aromatic N) is 3. The molecule has 16 heavy (non-hydrogen) atoms. The zero-order valence-corrected chi connectivity index (χ0v) is 10.2. The quantitative estimate of drug-likeness (QED) is 0.863. The van der Waals surface area contributed by atoms with E-state index >= 15 is 0 Å². The summed E-state index contributed by atoms with van der Waals surface area (Å²) in [5, 5.41) is 6.24. The molecule has 0 radical (unpaired) electrons. The van der Waals surface area contributed by atoms with Gasteiger partial charge >= 0.3 is 0 Å². The standard InChI is InChI=1S/C11H16N4S/c1-2-5-15-11(13-8-14-15)7-9(12)10-4-3-6-16-10/h3-4,6,8-9H,2,5,7,12H2,1H3. The van der Waals surface area contributed by atoms with Crippen LogP contribution in [0.25, 0.3) is 0 Å². The molecule has 5 heteroatoms. The van der Waals surface area contributed by atoms with E-state index in [0.29, 0.717) is 0 Å². The number of nitrogens with two attached hydrogens (primary N) is 1. The van der Waals surface area contributed by atoms with Gasteiger partial charge in [0, 0.05) is 23.9 Å². The van der Waals surface area contributed by atoms with E-state index in [-0.39, 0.29) is 6.04 Å². The van der Waals surface area contributed by atoms with Crippen LogP contribution in [0.1, 0.15) is 30.1 Å². The summed E-state index contributed by atoms with van der Waals surface area (Å²) in [5.74, 6) is 0.975. The van der Waals surface area contributed by atoms with Gasteiger partial charge in [0.2, 0.25) is 0 Å². The van der Waals surface area contributed by atoms with Gasteiger partial charge in [-0.15, -0.1) is 11.3 Å². The van der Waals surface area contributed by atoms with Gasteiger partial charge in [0.15, 0.2) is 0 Å². The van der Waals surface area contributed by atoms with Crippen LogP contribution in [-0.4, -0.2) is 14.8 Å². The molecule has 2 aromatic heterocycles. The van der Waals surface area contributed by atoms with Crippen LogP contribution >= 0.6 is 11.3 Å². The summed E-state index contributed by atoms with van der Waals surface area (Å²) >= 11 is 1.69. The van der Waals surface area contributed by atoms with Crippen molar-refractivity contribution in [1.29, 1.82) is 0 Å².